The lowest BCUT2D eigenvalue weighted by Gasteiger charge is -2.24. The predicted octanol–water partition coefficient (Wildman–Crippen LogP) is 1.60. The van der Waals surface area contributed by atoms with Gasteiger partial charge >= 0.3 is 12.0 Å². The summed E-state index contributed by atoms with van der Waals surface area (Å²) in [6.07, 6.45) is 2.77. The van der Waals surface area contributed by atoms with Crippen molar-refractivity contribution >= 4 is 12.0 Å². The molecule has 0 aromatic heterocycles. The molecule has 6 heteroatoms. The van der Waals surface area contributed by atoms with Crippen LogP contribution >= 0.6 is 0 Å². The second-order valence-corrected chi connectivity index (χ2v) is 5.86. The van der Waals surface area contributed by atoms with Crippen molar-refractivity contribution in [2.45, 2.75) is 45.6 Å². The van der Waals surface area contributed by atoms with Crippen LogP contribution in [0.1, 0.15) is 39.5 Å². The van der Waals surface area contributed by atoms with Gasteiger partial charge in [-0.15, -0.1) is 0 Å². The summed E-state index contributed by atoms with van der Waals surface area (Å²) in [5.41, 5.74) is 0. The highest BCUT2D eigenvalue weighted by Crippen LogP contribution is 2.14. The average molecular weight is 286 g/mol. The van der Waals surface area contributed by atoms with Crippen molar-refractivity contribution in [1.82, 2.24) is 10.6 Å². The molecule has 2 unspecified atom stereocenters. The van der Waals surface area contributed by atoms with Gasteiger partial charge in [-0.05, 0) is 31.1 Å². The summed E-state index contributed by atoms with van der Waals surface area (Å²) >= 11 is 0. The van der Waals surface area contributed by atoms with Crippen LogP contribution in [0.15, 0.2) is 0 Å². The third kappa shape index (κ3) is 7.33. The molecule has 3 N–H and O–H groups in total. The number of ether oxygens (including phenoxy) is 1. The van der Waals surface area contributed by atoms with Crippen molar-refractivity contribution in [3.05, 3.63) is 0 Å². The van der Waals surface area contributed by atoms with Crippen molar-refractivity contribution in [1.29, 1.82) is 0 Å². The number of aliphatic carboxylic acids is 1. The largest absolute Gasteiger partial charge is 0.481 e. The molecule has 6 nitrogen and oxygen atoms in total. The van der Waals surface area contributed by atoms with E-state index in [0.717, 1.165) is 25.9 Å². The van der Waals surface area contributed by atoms with E-state index in [9.17, 15) is 9.59 Å². The van der Waals surface area contributed by atoms with E-state index < -0.39 is 5.97 Å². The summed E-state index contributed by atoms with van der Waals surface area (Å²) in [7, 11) is 0. The lowest BCUT2D eigenvalue weighted by atomic mass is 9.94. The van der Waals surface area contributed by atoms with Crippen LogP contribution in [0, 0.1) is 11.8 Å². The summed E-state index contributed by atoms with van der Waals surface area (Å²) in [4.78, 5) is 22.6. The Labute approximate surface area is 120 Å². The van der Waals surface area contributed by atoms with Gasteiger partial charge in [0, 0.05) is 19.6 Å². The quantitative estimate of drug-likeness (QED) is 0.663. The number of rotatable bonds is 7. The maximum absolute atomic E-state index is 11.8. The Hall–Kier alpha value is -1.30. The Bertz CT molecular complexity index is 314. The summed E-state index contributed by atoms with van der Waals surface area (Å²) in [6, 6.07) is -0.175. The number of nitrogens with one attached hydrogen (secondary N) is 2. The summed E-state index contributed by atoms with van der Waals surface area (Å²) in [5.74, 6) is -0.435. The Kier molecular flexibility index (Phi) is 7.36. The zero-order valence-electron chi connectivity index (χ0n) is 12.4. The van der Waals surface area contributed by atoms with Crippen LogP contribution in [0.25, 0.3) is 0 Å². The molecule has 1 fully saturated rings. The third-order valence-electron chi connectivity index (χ3n) is 3.31. The summed E-state index contributed by atoms with van der Waals surface area (Å²) in [6.45, 7) is 5.80. The molecule has 1 rings (SSSR count). The second kappa shape index (κ2) is 8.79. The normalized spacial score (nSPS) is 20.4. The molecule has 2 atom stereocenters. The van der Waals surface area contributed by atoms with E-state index in [4.69, 9.17) is 9.84 Å². The Morgan fingerprint density at radius 1 is 1.40 bits per heavy atom. The standard InChI is InChI=1S/C14H26N2O4/c1-10(2)6-11(7-13(17)18)8-15-14(19)16-12-4-3-5-20-9-12/h10-12H,3-9H2,1-2H3,(H,17,18)(H2,15,16,19). The van der Waals surface area contributed by atoms with Gasteiger partial charge in [0.1, 0.15) is 0 Å². The average Bonchev–Trinajstić information content (AvgIpc) is 2.36. The maximum Gasteiger partial charge on any atom is 0.315 e. The topological polar surface area (TPSA) is 87.7 Å². The Morgan fingerprint density at radius 2 is 2.15 bits per heavy atom. The minimum atomic E-state index is -0.821. The molecule has 1 aliphatic heterocycles. The zero-order valence-corrected chi connectivity index (χ0v) is 12.4. The van der Waals surface area contributed by atoms with E-state index in [2.05, 4.69) is 10.6 Å². The first-order valence-electron chi connectivity index (χ1n) is 7.31. The van der Waals surface area contributed by atoms with Gasteiger partial charge in [0.25, 0.3) is 0 Å². The van der Waals surface area contributed by atoms with Gasteiger partial charge in [-0.25, -0.2) is 4.79 Å². The molecule has 0 aliphatic carbocycles. The molecule has 1 saturated heterocycles. The summed E-state index contributed by atoms with van der Waals surface area (Å²) in [5, 5.41) is 14.5. The number of amides is 2. The number of carboxylic acids is 1. The summed E-state index contributed by atoms with van der Waals surface area (Å²) < 4.78 is 5.29. The number of carbonyl (C=O) groups excluding carboxylic acids is 1. The van der Waals surface area contributed by atoms with Gasteiger partial charge in [0.05, 0.1) is 12.6 Å². The van der Waals surface area contributed by atoms with Gasteiger partial charge in [-0.3, -0.25) is 4.79 Å². The van der Waals surface area contributed by atoms with E-state index in [-0.39, 0.29) is 24.4 Å². The van der Waals surface area contributed by atoms with Crippen LogP contribution in [-0.4, -0.2) is 42.9 Å². The Morgan fingerprint density at radius 3 is 2.70 bits per heavy atom. The highest BCUT2D eigenvalue weighted by atomic mass is 16.5. The fraction of sp³-hybridized carbons (Fsp3) is 0.857. The number of carboxylic acid groups (broad SMARTS) is 1. The fourth-order valence-electron chi connectivity index (χ4n) is 2.48. The third-order valence-corrected chi connectivity index (χ3v) is 3.31. The van der Waals surface area contributed by atoms with Gasteiger partial charge in [0.15, 0.2) is 0 Å². The molecule has 20 heavy (non-hydrogen) atoms. The van der Waals surface area contributed by atoms with Crippen LogP contribution in [0.4, 0.5) is 4.79 Å². The van der Waals surface area contributed by atoms with E-state index in [0.29, 0.717) is 19.1 Å². The van der Waals surface area contributed by atoms with Crippen LogP contribution in [0.5, 0.6) is 0 Å². The molecule has 0 aromatic rings. The van der Waals surface area contributed by atoms with Crippen LogP contribution in [0.2, 0.25) is 0 Å². The van der Waals surface area contributed by atoms with Crippen molar-refractivity contribution in [3.63, 3.8) is 0 Å². The molecule has 0 saturated carbocycles. The van der Waals surface area contributed by atoms with Gasteiger partial charge in [-0.1, -0.05) is 13.8 Å². The maximum atomic E-state index is 11.8. The van der Waals surface area contributed by atoms with Gasteiger partial charge in [0.2, 0.25) is 0 Å². The number of urea groups is 1. The molecule has 2 amide bonds. The van der Waals surface area contributed by atoms with Crippen molar-refractivity contribution in [2.75, 3.05) is 19.8 Å². The molecule has 116 valence electrons. The molecule has 0 radical (unpaired) electrons. The molecule has 0 bridgehead atoms. The zero-order chi connectivity index (χ0) is 15.0. The van der Waals surface area contributed by atoms with E-state index in [1.807, 2.05) is 13.8 Å². The smallest absolute Gasteiger partial charge is 0.315 e. The molecular formula is C14H26N2O4. The molecule has 1 aliphatic rings. The minimum Gasteiger partial charge on any atom is -0.481 e. The second-order valence-electron chi connectivity index (χ2n) is 5.86. The first-order valence-corrected chi connectivity index (χ1v) is 7.31. The molecule has 0 spiro atoms. The van der Waals surface area contributed by atoms with Crippen molar-refractivity contribution in [2.24, 2.45) is 11.8 Å². The first-order chi connectivity index (χ1) is 9.47. The van der Waals surface area contributed by atoms with E-state index in [1.165, 1.54) is 0 Å². The van der Waals surface area contributed by atoms with Crippen LogP contribution in [0.3, 0.4) is 0 Å². The predicted molar refractivity (Wildman–Crippen MR) is 75.6 cm³/mol. The number of carbonyl (C=O) groups is 2. The lowest BCUT2D eigenvalue weighted by molar-refractivity contribution is -0.138. The van der Waals surface area contributed by atoms with Gasteiger partial charge < -0.3 is 20.5 Å². The van der Waals surface area contributed by atoms with Crippen molar-refractivity contribution < 1.29 is 19.4 Å². The first kappa shape index (κ1) is 16.8. The fourth-order valence-corrected chi connectivity index (χ4v) is 2.48. The SMILES string of the molecule is CC(C)CC(CNC(=O)NC1CCCOC1)CC(=O)O. The van der Waals surface area contributed by atoms with E-state index in [1.54, 1.807) is 0 Å². The molecule has 0 aromatic carbocycles. The van der Waals surface area contributed by atoms with Crippen LogP contribution in [-0.2, 0) is 9.53 Å². The highest BCUT2D eigenvalue weighted by molar-refractivity contribution is 5.74. The number of hydrogen-bond acceptors (Lipinski definition) is 3. The van der Waals surface area contributed by atoms with Crippen molar-refractivity contribution in [3.8, 4) is 0 Å². The van der Waals surface area contributed by atoms with Gasteiger partial charge in [-0.2, -0.15) is 0 Å². The number of hydrogen-bond donors (Lipinski definition) is 3. The molecule has 1 heterocycles. The minimum absolute atomic E-state index is 0.0270. The van der Waals surface area contributed by atoms with Crippen LogP contribution < -0.4 is 10.6 Å². The molecular weight excluding hydrogens is 260 g/mol. The highest BCUT2D eigenvalue weighted by Gasteiger charge is 2.18. The monoisotopic (exact) mass is 286 g/mol. The Balaban J connectivity index is 2.29. The van der Waals surface area contributed by atoms with E-state index >= 15 is 0 Å². The lowest BCUT2D eigenvalue weighted by Crippen LogP contribution is -2.47.